The Kier molecular flexibility index (Phi) is 4.92. The van der Waals surface area contributed by atoms with E-state index in [0.29, 0.717) is 26.1 Å². The van der Waals surface area contributed by atoms with Crippen LogP contribution in [0.2, 0.25) is 0 Å². The number of ether oxygens (including phenoxy) is 3. The average molecular weight is 381 g/mol. The van der Waals surface area contributed by atoms with Crippen LogP contribution in [0.15, 0.2) is 36.4 Å². The summed E-state index contributed by atoms with van der Waals surface area (Å²) in [5, 5.41) is 3.22. The summed E-state index contributed by atoms with van der Waals surface area (Å²) in [6.07, 6.45) is 1.84. The summed E-state index contributed by atoms with van der Waals surface area (Å²) < 4.78 is 17.3. The zero-order chi connectivity index (χ0) is 19.7. The molecule has 1 atom stereocenters. The van der Waals surface area contributed by atoms with Gasteiger partial charge in [-0.3, -0.25) is 4.79 Å². The smallest absolute Gasteiger partial charge is 0.220 e. The molecule has 0 saturated heterocycles. The molecular weight excluding hydrogens is 354 g/mol. The molecular formula is C23H27NO4. The van der Waals surface area contributed by atoms with Crippen molar-refractivity contribution in [2.75, 3.05) is 13.2 Å². The van der Waals surface area contributed by atoms with E-state index >= 15 is 0 Å². The maximum Gasteiger partial charge on any atom is 0.220 e. The van der Waals surface area contributed by atoms with Crippen LogP contribution in [0.3, 0.4) is 0 Å². The van der Waals surface area contributed by atoms with E-state index in [2.05, 4.69) is 32.2 Å². The van der Waals surface area contributed by atoms with Gasteiger partial charge in [-0.1, -0.05) is 23.8 Å². The number of nitrogens with one attached hydrogen (secondary N) is 1. The average Bonchev–Trinajstić information content (AvgIpc) is 2.66. The molecule has 2 aliphatic heterocycles. The third kappa shape index (κ3) is 4.08. The summed E-state index contributed by atoms with van der Waals surface area (Å²) in [5.41, 5.74) is 2.99. The van der Waals surface area contributed by atoms with Gasteiger partial charge in [0.2, 0.25) is 5.91 Å². The van der Waals surface area contributed by atoms with E-state index < -0.39 is 0 Å². The fraction of sp³-hybridized carbons (Fsp3) is 0.435. The molecule has 28 heavy (non-hydrogen) atoms. The molecule has 2 heterocycles. The molecule has 5 heteroatoms. The largest absolute Gasteiger partial charge is 0.487 e. The van der Waals surface area contributed by atoms with Crippen molar-refractivity contribution in [1.29, 1.82) is 0 Å². The van der Waals surface area contributed by atoms with Gasteiger partial charge in [-0.2, -0.15) is 0 Å². The minimum Gasteiger partial charge on any atom is -0.487 e. The highest BCUT2D eigenvalue weighted by molar-refractivity contribution is 5.77. The predicted octanol–water partition coefficient (Wildman–Crippen LogP) is 4.12. The highest BCUT2D eigenvalue weighted by Gasteiger charge is 2.34. The van der Waals surface area contributed by atoms with E-state index in [1.165, 1.54) is 0 Å². The van der Waals surface area contributed by atoms with E-state index in [1.807, 2.05) is 30.3 Å². The molecule has 2 aromatic rings. The van der Waals surface area contributed by atoms with Crippen molar-refractivity contribution in [3.63, 3.8) is 0 Å². The van der Waals surface area contributed by atoms with Gasteiger partial charge in [-0.25, -0.2) is 0 Å². The van der Waals surface area contributed by atoms with Gasteiger partial charge in [0.05, 0.1) is 6.04 Å². The zero-order valence-electron chi connectivity index (χ0n) is 16.7. The predicted molar refractivity (Wildman–Crippen MR) is 107 cm³/mol. The molecule has 1 amide bonds. The van der Waals surface area contributed by atoms with Crippen molar-refractivity contribution in [2.45, 2.75) is 51.7 Å². The van der Waals surface area contributed by atoms with Crippen LogP contribution >= 0.6 is 0 Å². The molecule has 0 bridgehead atoms. The Balaban J connectivity index is 1.42. The van der Waals surface area contributed by atoms with E-state index in [1.54, 1.807) is 0 Å². The molecule has 148 valence electrons. The summed E-state index contributed by atoms with van der Waals surface area (Å²) in [5.74, 6) is 2.44. The fourth-order valence-electron chi connectivity index (χ4n) is 3.87. The lowest BCUT2D eigenvalue weighted by atomic mass is 9.89. The SMILES string of the molecule is Cc1ccc2c(c1)C(NC(=O)CCc1ccc3c(c1)OCCO3)CC(C)(C)O2. The second-order valence-electron chi connectivity index (χ2n) is 8.21. The summed E-state index contributed by atoms with van der Waals surface area (Å²) in [6.45, 7) is 7.32. The van der Waals surface area contributed by atoms with E-state index in [0.717, 1.165) is 40.4 Å². The lowest BCUT2D eigenvalue weighted by Crippen LogP contribution is -2.41. The third-order valence-corrected chi connectivity index (χ3v) is 5.21. The van der Waals surface area contributed by atoms with Crippen molar-refractivity contribution in [2.24, 2.45) is 0 Å². The Morgan fingerprint density at radius 2 is 1.82 bits per heavy atom. The van der Waals surface area contributed by atoms with Gasteiger partial charge in [-0.15, -0.1) is 0 Å². The first-order valence-corrected chi connectivity index (χ1v) is 9.87. The number of carbonyl (C=O) groups is 1. The Labute approximate surface area is 166 Å². The minimum atomic E-state index is -0.309. The Hall–Kier alpha value is -2.69. The van der Waals surface area contributed by atoms with Crippen LogP contribution in [0.5, 0.6) is 17.2 Å². The van der Waals surface area contributed by atoms with Crippen LogP contribution < -0.4 is 19.5 Å². The second kappa shape index (κ2) is 7.38. The lowest BCUT2D eigenvalue weighted by molar-refractivity contribution is -0.122. The zero-order valence-corrected chi connectivity index (χ0v) is 16.7. The number of benzene rings is 2. The van der Waals surface area contributed by atoms with Gasteiger partial charge in [0.25, 0.3) is 0 Å². The minimum absolute atomic E-state index is 0.0357. The molecule has 5 nitrogen and oxygen atoms in total. The topological polar surface area (TPSA) is 56.8 Å². The van der Waals surface area contributed by atoms with E-state index in [-0.39, 0.29) is 17.6 Å². The van der Waals surface area contributed by atoms with Crippen LogP contribution in [0.4, 0.5) is 0 Å². The van der Waals surface area contributed by atoms with Gasteiger partial charge in [0, 0.05) is 18.4 Å². The summed E-state index contributed by atoms with van der Waals surface area (Å²) in [6, 6.07) is 12.0. The van der Waals surface area contributed by atoms with Crippen molar-refractivity contribution in [1.82, 2.24) is 5.32 Å². The number of hydrogen-bond donors (Lipinski definition) is 1. The van der Waals surface area contributed by atoms with Gasteiger partial charge in [-0.05, 0) is 51.0 Å². The van der Waals surface area contributed by atoms with Gasteiger partial charge >= 0.3 is 0 Å². The Morgan fingerprint density at radius 3 is 2.64 bits per heavy atom. The quantitative estimate of drug-likeness (QED) is 0.866. The maximum atomic E-state index is 12.7. The van der Waals surface area contributed by atoms with E-state index in [9.17, 15) is 4.79 Å². The summed E-state index contributed by atoms with van der Waals surface area (Å²) in [7, 11) is 0. The highest BCUT2D eigenvalue weighted by Crippen LogP contribution is 2.40. The Morgan fingerprint density at radius 1 is 1.07 bits per heavy atom. The number of hydrogen-bond acceptors (Lipinski definition) is 4. The van der Waals surface area contributed by atoms with Crippen LogP contribution in [0, 0.1) is 6.92 Å². The monoisotopic (exact) mass is 381 g/mol. The number of rotatable bonds is 4. The normalized spacial score (nSPS) is 19.3. The summed E-state index contributed by atoms with van der Waals surface area (Å²) in [4.78, 5) is 12.7. The Bertz CT molecular complexity index is 890. The first-order valence-electron chi connectivity index (χ1n) is 9.87. The van der Waals surface area contributed by atoms with Crippen molar-refractivity contribution in [3.05, 3.63) is 53.1 Å². The van der Waals surface area contributed by atoms with Crippen LogP contribution in [-0.4, -0.2) is 24.7 Å². The first-order chi connectivity index (χ1) is 13.4. The van der Waals surface area contributed by atoms with Crippen LogP contribution in [0.1, 0.15) is 49.4 Å². The highest BCUT2D eigenvalue weighted by atomic mass is 16.6. The molecule has 4 rings (SSSR count). The summed E-state index contributed by atoms with van der Waals surface area (Å²) >= 11 is 0. The molecule has 1 unspecified atom stereocenters. The lowest BCUT2D eigenvalue weighted by Gasteiger charge is -2.38. The molecule has 0 saturated carbocycles. The molecule has 0 radical (unpaired) electrons. The number of carbonyl (C=O) groups excluding carboxylic acids is 1. The van der Waals surface area contributed by atoms with Crippen LogP contribution in [-0.2, 0) is 11.2 Å². The molecule has 0 aromatic heterocycles. The molecule has 0 fully saturated rings. The third-order valence-electron chi connectivity index (χ3n) is 5.21. The maximum absolute atomic E-state index is 12.7. The number of fused-ring (bicyclic) bond motifs is 2. The van der Waals surface area contributed by atoms with Crippen molar-refractivity contribution < 1.29 is 19.0 Å². The fourth-order valence-corrected chi connectivity index (χ4v) is 3.87. The van der Waals surface area contributed by atoms with Gasteiger partial charge < -0.3 is 19.5 Å². The van der Waals surface area contributed by atoms with Crippen molar-refractivity contribution in [3.8, 4) is 17.2 Å². The standard InChI is InChI=1S/C23H27NO4/c1-15-4-7-19-17(12-15)18(14-23(2,3)28-19)24-22(25)9-6-16-5-8-20-21(13-16)27-11-10-26-20/h4-5,7-8,12-13,18H,6,9-11,14H2,1-3H3,(H,24,25). The second-order valence-corrected chi connectivity index (χ2v) is 8.21. The van der Waals surface area contributed by atoms with E-state index in [4.69, 9.17) is 14.2 Å². The number of aryl methyl sites for hydroxylation is 2. The first kappa shape index (κ1) is 18.7. The van der Waals surface area contributed by atoms with Gasteiger partial charge in [0.1, 0.15) is 24.6 Å². The molecule has 0 spiro atoms. The van der Waals surface area contributed by atoms with Crippen LogP contribution in [0.25, 0.3) is 0 Å². The molecule has 2 aliphatic rings. The number of amides is 1. The van der Waals surface area contributed by atoms with Gasteiger partial charge in [0.15, 0.2) is 11.5 Å². The molecule has 2 aromatic carbocycles. The molecule has 0 aliphatic carbocycles. The van der Waals surface area contributed by atoms with Crippen molar-refractivity contribution >= 4 is 5.91 Å². The molecule has 1 N–H and O–H groups in total.